The van der Waals surface area contributed by atoms with Crippen molar-refractivity contribution >= 4 is 11.6 Å². The van der Waals surface area contributed by atoms with Gasteiger partial charge >= 0.3 is 0 Å². The van der Waals surface area contributed by atoms with Gasteiger partial charge < -0.3 is 15.0 Å². The molecule has 162 valence electrons. The van der Waals surface area contributed by atoms with Gasteiger partial charge in [0.2, 0.25) is 0 Å². The molecule has 2 aromatic carbocycles. The second-order valence-corrected chi connectivity index (χ2v) is 8.18. The normalized spacial score (nSPS) is 15.0. The second kappa shape index (κ2) is 11.0. The molecular weight excluding hydrogens is 374 g/mol. The van der Waals surface area contributed by atoms with Crippen molar-refractivity contribution in [2.75, 3.05) is 45.2 Å². The maximum Gasteiger partial charge on any atom is 0.251 e. The van der Waals surface area contributed by atoms with Gasteiger partial charge in [-0.3, -0.25) is 9.69 Å². The minimum atomic E-state index is -0.0378. The Bertz CT molecular complexity index is 781. The van der Waals surface area contributed by atoms with E-state index < -0.39 is 0 Å². The maximum atomic E-state index is 12.7. The molecule has 2 aromatic rings. The summed E-state index contributed by atoms with van der Waals surface area (Å²) in [6.45, 7) is 5.63. The van der Waals surface area contributed by atoms with E-state index in [1.165, 1.54) is 24.1 Å². The number of likely N-dealkylation sites (tertiary alicyclic amines) is 1. The summed E-state index contributed by atoms with van der Waals surface area (Å²) in [6.07, 6.45) is 4.59. The molecule has 0 radical (unpaired) electrons. The van der Waals surface area contributed by atoms with E-state index in [4.69, 9.17) is 4.74 Å². The summed E-state index contributed by atoms with van der Waals surface area (Å²) in [4.78, 5) is 17.3. The number of hydrogen-bond acceptors (Lipinski definition) is 4. The highest BCUT2D eigenvalue weighted by atomic mass is 16.5. The van der Waals surface area contributed by atoms with Gasteiger partial charge in [-0.05, 0) is 74.3 Å². The molecule has 1 N–H and O–H groups in total. The van der Waals surface area contributed by atoms with E-state index in [1.807, 2.05) is 38.4 Å². The van der Waals surface area contributed by atoms with Crippen LogP contribution in [0.5, 0.6) is 5.75 Å². The molecule has 1 fully saturated rings. The lowest BCUT2D eigenvalue weighted by Crippen LogP contribution is -2.36. The third-order valence-corrected chi connectivity index (χ3v) is 5.71. The van der Waals surface area contributed by atoms with Gasteiger partial charge in [0, 0.05) is 31.9 Å². The first kappa shape index (κ1) is 22.2. The Balaban J connectivity index is 1.62. The molecule has 1 heterocycles. The van der Waals surface area contributed by atoms with Crippen molar-refractivity contribution in [3.05, 3.63) is 59.7 Å². The van der Waals surface area contributed by atoms with Gasteiger partial charge in [-0.2, -0.15) is 0 Å². The third-order valence-electron chi connectivity index (χ3n) is 5.71. The molecule has 1 aliphatic heterocycles. The van der Waals surface area contributed by atoms with Gasteiger partial charge in [0.05, 0.1) is 12.6 Å². The Hall–Kier alpha value is -2.53. The number of carbonyl (C=O) groups is 1. The number of hydrogen-bond donors (Lipinski definition) is 1. The van der Waals surface area contributed by atoms with E-state index in [2.05, 4.69) is 46.3 Å². The topological polar surface area (TPSA) is 44.8 Å². The first-order valence-electron chi connectivity index (χ1n) is 11.1. The Morgan fingerprint density at radius 3 is 2.33 bits per heavy atom. The highest BCUT2D eigenvalue weighted by Gasteiger charge is 2.24. The first-order chi connectivity index (χ1) is 14.6. The molecule has 1 amide bonds. The molecule has 5 nitrogen and oxygen atoms in total. The molecule has 0 unspecified atom stereocenters. The third kappa shape index (κ3) is 5.99. The van der Waals surface area contributed by atoms with E-state index in [1.54, 1.807) is 0 Å². The zero-order valence-electron chi connectivity index (χ0n) is 18.6. The summed E-state index contributed by atoms with van der Waals surface area (Å²) in [5.74, 6) is 0.778. The highest BCUT2D eigenvalue weighted by molar-refractivity contribution is 5.94. The monoisotopic (exact) mass is 409 g/mol. The lowest BCUT2D eigenvalue weighted by Gasteiger charge is -2.28. The Kier molecular flexibility index (Phi) is 8.14. The number of unbranched alkanes of at least 4 members (excludes halogenated alkanes) is 1. The van der Waals surface area contributed by atoms with Crippen molar-refractivity contribution in [1.82, 2.24) is 10.2 Å². The van der Waals surface area contributed by atoms with Crippen molar-refractivity contribution in [2.24, 2.45) is 0 Å². The van der Waals surface area contributed by atoms with Crippen LogP contribution in [0.3, 0.4) is 0 Å². The number of anilines is 1. The fourth-order valence-corrected chi connectivity index (χ4v) is 3.83. The van der Waals surface area contributed by atoms with Gasteiger partial charge in [-0.1, -0.05) is 25.5 Å². The fraction of sp³-hybridized carbons (Fsp3) is 0.480. The highest BCUT2D eigenvalue weighted by Crippen LogP contribution is 2.26. The van der Waals surface area contributed by atoms with Crippen molar-refractivity contribution in [3.63, 3.8) is 0 Å². The standard InChI is InChI=1S/C25H35N3O2/c1-4-5-18-30-23-14-10-21(11-15-23)25(29)26-19-24(28-16-6-7-17-28)20-8-12-22(13-9-20)27(2)3/h8-15,24H,4-7,16-19H2,1-3H3,(H,26,29)/t24-/m0/s1. The molecule has 30 heavy (non-hydrogen) atoms. The number of nitrogens with one attached hydrogen (secondary N) is 1. The summed E-state index contributed by atoms with van der Waals surface area (Å²) < 4.78 is 5.69. The summed E-state index contributed by atoms with van der Waals surface area (Å²) in [6, 6.07) is 16.3. The molecule has 0 bridgehead atoms. The van der Waals surface area contributed by atoms with Gasteiger partial charge in [0.1, 0.15) is 5.75 Å². The van der Waals surface area contributed by atoms with Crippen LogP contribution in [0.2, 0.25) is 0 Å². The SMILES string of the molecule is CCCCOc1ccc(C(=O)NC[C@@H](c2ccc(N(C)C)cc2)N2CCCC2)cc1. The molecule has 0 aromatic heterocycles. The summed E-state index contributed by atoms with van der Waals surface area (Å²) in [5, 5.41) is 3.15. The van der Waals surface area contributed by atoms with Crippen molar-refractivity contribution < 1.29 is 9.53 Å². The minimum absolute atomic E-state index is 0.0378. The average Bonchev–Trinajstić information content (AvgIpc) is 3.29. The van der Waals surface area contributed by atoms with Gasteiger partial charge in [0.25, 0.3) is 5.91 Å². The second-order valence-electron chi connectivity index (χ2n) is 8.18. The van der Waals surface area contributed by atoms with E-state index in [9.17, 15) is 4.79 Å². The number of amides is 1. The fourth-order valence-electron chi connectivity index (χ4n) is 3.83. The van der Waals surface area contributed by atoms with Crippen molar-refractivity contribution in [3.8, 4) is 5.75 Å². The molecule has 1 atom stereocenters. The summed E-state index contributed by atoms with van der Waals surface area (Å²) in [5.41, 5.74) is 3.10. The molecule has 1 aliphatic rings. The van der Waals surface area contributed by atoms with Crippen LogP contribution < -0.4 is 15.0 Å². The Labute approximate surface area is 181 Å². The average molecular weight is 410 g/mol. The number of nitrogens with zero attached hydrogens (tertiary/aromatic N) is 2. The Morgan fingerprint density at radius 2 is 1.73 bits per heavy atom. The van der Waals surface area contributed by atoms with E-state index in [-0.39, 0.29) is 11.9 Å². The van der Waals surface area contributed by atoms with Crippen molar-refractivity contribution in [1.29, 1.82) is 0 Å². The molecule has 0 saturated carbocycles. The molecule has 5 heteroatoms. The van der Waals surface area contributed by atoms with Crippen LogP contribution in [0.25, 0.3) is 0 Å². The lowest BCUT2D eigenvalue weighted by atomic mass is 10.0. The number of carbonyl (C=O) groups excluding carboxylic acids is 1. The summed E-state index contributed by atoms with van der Waals surface area (Å²) >= 11 is 0. The van der Waals surface area contributed by atoms with Crippen LogP contribution in [0.15, 0.2) is 48.5 Å². The molecule has 0 spiro atoms. The number of rotatable bonds is 10. The first-order valence-corrected chi connectivity index (χ1v) is 11.1. The van der Waals surface area contributed by atoms with Crippen LogP contribution in [0.4, 0.5) is 5.69 Å². The Morgan fingerprint density at radius 1 is 1.07 bits per heavy atom. The predicted octanol–water partition coefficient (Wildman–Crippen LogP) is 4.50. The van der Waals surface area contributed by atoms with E-state index >= 15 is 0 Å². The maximum absolute atomic E-state index is 12.7. The largest absolute Gasteiger partial charge is 0.494 e. The predicted molar refractivity (Wildman–Crippen MR) is 123 cm³/mol. The van der Waals surface area contributed by atoms with Gasteiger partial charge in [0.15, 0.2) is 0 Å². The van der Waals surface area contributed by atoms with Crippen LogP contribution in [-0.4, -0.2) is 51.1 Å². The van der Waals surface area contributed by atoms with Crippen LogP contribution in [-0.2, 0) is 0 Å². The van der Waals surface area contributed by atoms with Crippen LogP contribution in [0, 0.1) is 0 Å². The zero-order chi connectivity index (χ0) is 21.3. The van der Waals surface area contributed by atoms with Gasteiger partial charge in [-0.25, -0.2) is 0 Å². The van der Waals surface area contributed by atoms with E-state index in [0.29, 0.717) is 18.7 Å². The van der Waals surface area contributed by atoms with Crippen LogP contribution in [0.1, 0.15) is 54.6 Å². The molecular formula is C25H35N3O2. The summed E-state index contributed by atoms with van der Waals surface area (Å²) in [7, 11) is 4.10. The quantitative estimate of drug-likeness (QED) is 0.587. The number of benzene rings is 2. The minimum Gasteiger partial charge on any atom is -0.494 e. The van der Waals surface area contributed by atoms with Crippen LogP contribution >= 0.6 is 0 Å². The van der Waals surface area contributed by atoms with Gasteiger partial charge in [-0.15, -0.1) is 0 Å². The van der Waals surface area contributed by atoms with Crippen molar-refractivity contribution in [2.45, 2.75) is 38.6 Å². The molecule has 3 rings (SSSR count). The smallest absolute Gasteiger partial charge is 0.251 e. The lowest BCUT2D eigenvalue weighted by molar-refractivity contribution is 0.0938. The van der Waals surface area contributed by atoms with E-state index in [0.717, 1.165) is 31.7 Å². The molecule has 1 saturated heterocycles. The number of ether oxygens (including phenoxy) is 1. The molecule has 0 aliphatic carbocycles. The zero-order valence-corrected chi connectivity index (χ0v) is 18.6.